The summed E-state index contributed by atoms with van der Waals surface area (Å²) in [4.78, 5) is 53.9. The number of anilines is 2. The molecule has 1 atom stereocenters. The molecular weight excluding hydrogens is 619 g/mol. The molecule has 0 aromatic heterocycles. The number of methoxy groups -OCH3 is 2. The van der Waals surface area contributed by atoms with Gasteiger partial charge in [-0.1, -0.05) is 66.7 Å². The Morgan fingerprint density at radius 3 is 2.16 bits per heavy atom. The maximum Gasteiger partial charge on any atom is 0.328 e. The zero-order valence-electron chi connectivity index (χ0n) is 25.3. The molecule has 1 aliphatic carbocycles. The molecule has 3 aromatic rings. The van der Waals surface area contributed by atoms with Crippen LogP contribution in [-0.2, 0) is 16.0 Å². The first-order chi connectivity index (χ1) is 21.6. The molecule has 3 N–H and O–H groups in total. The Morgan fingerprint density at radius 2 is 1.53 bits per heavy atom. The molecule has 45 heavy (non-hydrogen) atoms. The van der Waals surface area contributed by atoms with E-state index in [0.717, 1.165) is 32.1 Å². The second-order valence-electron chi connectivity index (χ2n) is 10.7. The number of benzene rings is 3. The van der Waals surface area contributed by atoms with Crippen LogP contribution in [0.1, 0.15) is 58.4 Å². The molecule has 4 rings (SSSR count). The van der Waals surface area contributed by atoms with E-state index in [0.29, 0.717) is 17.0 Å². The van der Waals surface area contributed by atoms with Crippen molar-refractivity contribution in [3.63, 3.8) is 0 Å². The van der Waals surface area contributed by atoms with Crippen molar-refractivity contribution in [2.75, 3.05) is 31.9 Å². The van der Waals surface area contributed by atoms with E-state index in [1.165, 1.54) is 14.2 Å². The minimum atomic E-state index is -1.06. The highest BCUT2D eigenvalue weighted by Gasteiger charge is 2.28. The molecule has 0 heterocycles. The van der Waals surface area contributed by atoms with E-state index in [9.17, 15) is 19.2 Å². The molecule has 0 spiro atoms. The number of hydrogen-bond acceptors (Lipinski definition) is 6. The van der Waals surface area contributed by atoms with Crippen molar-refractivity contribution < 1.29 is 28.7 Å². The molecule has 1 fully saturated rings. The molecule has 10 nitrogen and oxygen atoms in total. The van der Waals surface area contributed by atoms with Crippen LogP contribution in [0.25, 0.3) is 0 Å². The molecule has 0 bridgehead atoms. The number of urea groups is 1. The van der Waals surface area contributed by atoms with E-state index >= 15 is 0 Å². The SMILES string of the molecule is COC(=O)[C@H](Cc1ccc(NC(=O)c2c(Cl)cccc2Cl)cc1)NC(=O)Nc1c(OC)cccc1C(=O)N(C)C1CCCCC1. The zero-order valence-corrected chi connectivity index (χ0v) is 26.8. The van der Waals surface area contributed by atoms with E-state index in [1.54, 1.807) is 72.6 Å². The van der Waals surface area contributed by atoms with Crippen LogP contribution in [0.3, 0.4) is 0 Å². The molecule has 4 amide bonds. The fourth-order valence-corrected chi connectivity index (χ4v) is 5.91. The van der Waals surface area contributed by atoms with Gasteiger partial charge in [-0.15, -0.1) is 0 Å². The molecular formula is C33H36Cl2N4O6. The van der Waals surface area contributed by atoms with E-state index < -0.39 is 23.9 Å². The van der Waals surface area contributed by atoms with Crippen LogP contribution >= 0.6 is 23.2 Å². The molecule has 1 saturated carbocycles. The van der Waals surface area contributed by atoms with Gasteiger partial charge < -0.3 is 30.3 Å². The number of hydrogen-bond donors (Lipinski definition) is 3. The number of carbonyl (C=O) groups is 4. The highest BCUT2D eigenvalue weighted by atomic mass is 35.5. The standard InChI is InChI=1S/C33H36Cl2N4O6/c1-39(22-9-5-4-6-10-22)31(41)23-11-7-14-27(44-2)29(23)38-33(43)37-26(32(42)45-3)19-20-15-17-21(18-16-20)36-30(40)28-24(34)12-8-13-25(28)35/h7-8,11-18,22,26H,4-6,9-10,19H2,1-3H3,(H,36,40)(H2,37,38,43)/t26-/m0/s1. The lowest BCUT2D eigenvalue weighted by molar-refractivity contribution is -0.142. The third-order valence-electron chi connectivity index (χ3n) is 7.79. The van der Waals surface area contributed by atoms with Gasteiger partial charge in [-0.05, 0) is 54.8 Å². The molecule has 3 aromatic carbocycles. The number of para-hydroxylation sites is 1. The number of rotatable bonds is 10. The topological polar surface area (TPSA) is 126 Å². The van der Waals surface area contributed by atoms with Gasteiger partial charge in [-0.25, -0.2) is 9.59 Å². The summed E-state index contributed by atoms with van der Waals surface area (Å²) in [5.41, 5.74) is 1.80. The minimum Gasteiger partial charge on any atom is -0.495 e. The maximum atomic E-state index is 13.5. The van der Waals surface area contributed by atoms with Crippen molar-refractivity contribution >= 4 is 58.4 Å². The second kappa shape index (κ2) is 15.6. The first-order valence-corrected chi connectivity index (χ1v) is 15.3. The van der Waals surface area contributed by atoms with Crippen molar-refractivity contribution in [3.05, 3.63) is 87.4 Å². The zero-order chi connectivity index (χ0) is 32.5. The average molecular weight is 656 g/mol. The molecule has 0 saturated heterocycles. The summed E-state index contributed by atoms with van der Waals surface area (Å²) < 4.78 is 10.4. The maximum absolute atomic E-state index is 13.5. The Hall–Kier alpha value is -4.28. The number of ether oxygens (including phenoxy) is 2. The molecule has 238 valence electrons. The lowest BCUT2D eigenvalue weighted by Gasteiger charge is -2.32. The van der Waals surface area contributed by atoms with Crippen LogP contribution in [0.2, 0.25) is 10.0 Å². The Labute approximate surface area is 272 Å². The van der Waals surface area contributed by atoms with E-state index in [1.807, 2.05) is 0 Å². The van der Waals surface area contributed by atoms with Gasteiger partial charge in [0.1, 0.15) is 11.8 Å². The van der Waals surface area contributed by atoms with Gasteiger partial charge in [0.05, 0.1) is 41.1 Å². The fourth-order valence-electron chi connectivity index (χ4n) is 5.34. The smallest absolute Gasteiger partial charge is 0.328 e. The van der Waals surface area contributed by atoms with Crippen molar-refractivity contribution in [3.8, 4) is 5.75 Å². The Kier molecular flexibility index (Phi) is 11.7. The quantitative estimate of drug-likeness (QED) is 0.212. The largest absolute Gasteiger partial charge is 0.495 e. The normalized spacial score (nSPS) is 13.7. The van der Waals surface area contributed by atoms with Crippen molar-refractivity contribution in [2.45, 2.75) is 50.6 Å². The average Bonchev–Trinajstić information content (AvgIpc) is 3.04. The van der Waals surface area contributed by atoms with Crippen molar-refractivity contribution in [1.82, 2.24) is 10.2 Å². The lowest BCUT2D eigenvalue weighted by atomic mass is 9.94. The summed E-state index contributed by atoms with van der Waals surface area (Å²) >= 11 is 12.3. The summed E-state index contributed by atoms with van der Waals surface area (Å²) in [6.45, 7) is 0. The Bertz CT molecular complexity index is 1520. The summed E-state index contributed by atoms with van der Waals surface area (Å²) in [5.74, 6) is -1.06. The number of nitrogens with zero attached hydrogens (tertiary/aromatic N) is 1. The summed E-state index contributed by atoms with van der Waals surface area (Å²) in [5, 5.41) is 8.57. The third kappa shape index (κ3) is 8.46. The fraction of sp³-hybridized carbons (Fsp3) is 0.333. The number of nitrogens with one attached hydrogen (secondary N) is 3. The first-order valence-electron chi connectivity index (χ1n) is 14.6. The Balaban J connectivity index is 1.45. The third-order valence-corrected chi connectivity index (χ3v) is 8.42. The number of halogens is 2. The van der Waals surface area contributed by atoms with E-state index in [4.69, 9.17) is 32.7 Å². The van der Waals surface area contributed by atoms with Crippen LogP contribution in [0, 0.1) is 0 Å². The monoisotopic (exact) mass is 654 g/mol. The number of esters is 1. The van der Waals surface area contributed by atoms with Crippen LogP contribution in [0.5, 0.6) is 5.75 Å². The van der Waals surface area contributed by atoms with Crippen LogP contribution in [-0.4, -0.2) is 62.1 Å². The Morgan fingerprint density at radius 1 is 0.889 bits per heavy atom. The predicted octanol–water partition coefficient (Wildman–Crippen LogP) is 6.56. The molecule has 0 unspecified atom stereocenters. The molecule has 1 aliphatic rings. The van der Waals surface area contributed by atoms with Gasteiger partial charge in [0.25, 0.3) is 11.8 Å². The van der Waals surface area contributed by atoms with Crippen molar-refractivity contribution in [1.29, 1.82) is 0 Å². The van der Waals surface area contributed by atoms with E-state index in [-0.39, 0.29) is 45.2 Å². The van der Waals surface area contributed by atoms with Gasteiger partial charge in [-0.3, -0.25) is 9.59 Å². The van der Waals surface area contributed by atoms with E-state index in [2.05, 4.69) is 16.0 Å². The van der Waals surface area contributed by atoms with Crippen LogP contribution in [0.15, 0.2) is 60.7 Å². The first kappa shape index (κ1) is 33.6. The van der Waals surface area contributed by atoms with Gasteiger partial charge in [0.2, 0.25) is 0 Å². The molecule has 0 radical (unpaired) electrons. The summed E-state index contributed by atoms with van der Waals surface area (Å²) in [6.07, 6.45) is 5.24. The minimum absolute atomic E-state index is 0.0901. The van der Waals surface area contributed by atoms with Crippen LogP contribution < -0.4 is 20.7 Å². The highest BCUT2D eigenvalue weighted by Crippen LogP contribution is 2.31. The summed E-state index contributed by atoms with van der Waals surface area (Å²) in [7, 11) is 4.45. The lowest BCUT2D eigenvalue weighted by Crippen LogP contribution is -2.45. The summed E-state index contributed by atoms with van der Waals surface area (Å²) in [6, 6.07) is 14.8. The van der Waals surface area contributed by atoms with Gasteiger partial charge in [0.15, 0.2) is 0 Å². The van der Waals surface area contributed by atoms with Gasteiger partial charge in [0, 0.05) is 25.2 Å². The second-order valence-corrected chi connectivity index (χ2v) is 11.5. The van der Waals surface area contributed by atoms with Crippen molar-refractivity contribution in [2.24, 2.45) is 0 Å². The molecule has 12 heteroatoms. The molecule has 0 aliphatic heterocycles. The predicted molar refractivity (Wildman–Crippen MR) is 174 cm³/mol. The van der Waals surface area contributed by atoms with Crippen LogP contribution in [0.4, 0.5) is 16.2 Å². The van der Waals surface area contributed by atoms with Gasteiger partial charge >= 0.3 is 12.0 Å². The number of carbonyl (C=O) groups excluding carboxylic acids is 4. The number of amides is 4. The van der Waals surface area contributed by atoms with Gasteiger partial charge in [-0.2, -0.15) is 0 Å². The highest BCUT2D eigenvalue weighted by molar-refractivity contribution is 6.40.